The quantitative estimate of drug-likeness (QED) is 0.755. The molecule has 0 aliphatic rings. The van der Waals surface area contributed by atoms with E-state index in [4.69, 9.17) is 4.42 Å². The number of furan rings is 1. The summed E-state index contributed by atoms with van der Waals surface area (Å²) in [4.78, 5) is 4.32. The van der Waals surface area contributed by atoms with Gasteiger partial charge in [0, 0.05) is 6.20 Å². The first-order valence-corrected chi connectivity index (χ1v) is 6.35. The van der Waals surface area contributed by atoms with Crippen molar-refractivity contribution in [3.8, 4) is 0 Å². The van der Waals surface area contributed by atoms with Crippen molar-refractivity contribution in [1.82, 2.24) is 4.98 Å². The lowest BCUT2D eigenvalue weighted by molar-refractivity contribution is 0.491. The molecule has 3 aromatic rings. The predicted molar refractivity (Wildman–Crippen MR) is 70.4 cm³/mol. The van der Waals surface area contributed by atoms with Gasteiger partial charge in [0.15, 0.2) is 0 Å². The number of nitrogens with one attached hydrogen (secondary N) is 1. The molecule has 0 aliphatic heterocycles. The summed E-state index contributed by atoms with van der Waals surface area (Å²) in [7, 11) is 0. The number of aromatic nitrogens is 1. The van der Waals surface area contributed by atoms with Crippen molar-refractivity contribution >= 4 is 27.2 Å². The lowest BCUT2D eigenvalue weighted by Gasteiger charge is -2.13. The van der Waals surface area contributed by atoms with E-state index in [0.717, 1.165) is 17.0 Å². The van der Waals surface area contributed by atoms with Crippen molar-refractivity contribution in [2.75, 3.05) is 5.32 Å². The van der Waals surface area contributed by atoms with Crippen LogP contribution in [0.2, 0.25) is 0 Å². The second-order valence-corrected chi connectivity index (χ2v) is 4.79. The lowest BCUT2D eigenvalue weighted by Crippen LogP contribution is -2.05. The molecule has 3 nitrogen and oxygen atoms in total. The Kier molecular flexibility index (Phi) is 2.57. The van der Waals surface area contributed by atoms with Gasteiger partial charge in [-0.05, 0) is 36.6 Å². The minimum Gasteiger partial charge on any atom is -0.467 e. The number of fused-ring (bicyclic) bond motifs is 1. The molecule has 1 atom stereocenters. The maximum absolute atomic E-state index is 5.39. The van der Waals surface area contributed by atoms with Crippen LogP contribution >= 0.6 is 11.3 Å². The number of thiophene rings is 1. The predicted octanol–water partition coefficient (Wildman–Crippen LogP) is 4.06. The minimum atomic E-state index is 0.151. The van der Waals surface area contributed by atoms with Gasteiger partial charge in [0.1, 0.15) is 5.76 Å². The highest BCUT2D eigenvalue weighted by Crippen LogP contribution is 2.29. The van der Waals surface area contributed by atoms with E-state index in [1.807, 2.05) is 30.5 Å². The zero-order chi connectivity index (χ0) is 11.7. The highest BCUT2D eigenvalue weighted by molar-refractivity contribution is 7.17. The number of anilines is 1. The molecule has 0 aliphatic carbocycles. The molecule has 3 aromatic heterocycles. The van der Waals surface area contributed by atoms with Crippen molar-refractivity contribution in [1.29, 1.82) is 0 Å². The molecule has 3 heterocycles. The Balaban J connectivity index is 1.92. The van der Waals surface area contributed by atoms with Gasteiger partial charge in [0.05, 0.1) is 28.2 Å². The fourth-order valence-corrected chi connectivity index (χ4v) is 2.66. The van der Waals surface area contributed by atoms with E-state index in [0.29, 0.717) is 0 Å². The van der Waals surface area contributed by atoms with E-state index in [2.05, 4.69) is 22.6 Å². The summed E-state index contributed by atoms with van der Waals surface area (Å²) in [6.07, 6.45) is 3.52. The molecule has 17 heavy (non-hydrogen) atoms. The van der Waals surface area contributed by atoms with Crippen molar-refractivity contribution in [2.24, 2.45) is 0 Å². The van der Waals surface area contributed by atoms with Crippen LogP contribution in [0.25, 0.3) is 10.2 Å². The molecule has 0 saturated heterocycles. The molecular formula is C13H12N2OS. The highest BCUT2D eigenvalue weighted by Gasteiger charge is 2.10. The Morgan fingerprint density at radius 2 is 2.29 bits per heavy atom. The van der Waals surface area contributed by atoms with Crippen LogP contribution in [0.15, 0.2) is 46.5 Å². The van der Waals surface area contributed by atoms with Gasteiger partial charge in [0.2, 0.25) is 0 Å². The largest absolute Gasteiger partial charge is 0.467 e. The number of hydrogen-bond acceptors (Lipinski definition) is 4. The van der Waals surface area contributed by atoms with E-state index >= 15 is 0 Å². The molecule has 3 rings (SSSR count). The average Bonchev–Trinajstić information content (AvgIpc) is 3.00. The number of rotatable bonds is 3. The summed E-state index contributed by atoms with van der Waals surface area (Å²) >= 11 is 1.70. The van der Waals surface area contributed by atoms with Crippen LogP contribution in [0.4, 0.5) is 5.69 Å². The van der Waals surface area contributed by atoms with Gasteiger partial charge in [-0.1, -0.05) is 0 Å². The molecule has 1 unspecified atom stereocenters. The molecule has 0 spiro atoms. The zero-order valence-electron chi connectivity index (χ0n) is 9.38. The van der Waals surface area contributed by atoms with Gasteiger partial charge < -0.3 is 9.73 Å². The molecule has 0 fully saturated rings. The van der Waals surface area contributed by atoms with E-state index < -0.39 is 0 Å². The molecule has 0 bridgehead atoms. The monoisotopic (exact) mass is 244 g/mol. The summed E-state index contributed by atoms with van der Waals surface area (Å²) in [6.45, 7) is 2.08. The van der Waals surface area contributed by atoms with E-state index in [-0.39, 0.29) is 6.04 Å². The van der Waals surface area contributed by atoms with Crippen LogP contribution in [-0.2, 0) is 0 Å². The topological polar surface area (TPSA) is 38.1 Å². The lowest BCUT2D eigenvalue weighted by atomic mass is 10.2. The molecule has 0 saturated carbocycles. The van der Waals surface area contributed by atoms with Gasteiger partial charge in [-0.15, -0.1) is 11.3 Å². The normalized spacial score (nSPS) is 12.8. The van der Waals surface area contributed by atoms with E-state index in [1.54, 1.807) is 17.6 Å². The van der Waals surface area contributed by atoms with Crippen LogP contribution < -0.4 is 5.32 Å². The Hall–Kier alpha value is -1.81. The third-order valence-corrected chi connectivity index (χ3v) is 3.62. The second kappa shape index (κ2) is 4.22. The van der Waals surface area contributed by atoms with Crippen molar-refractivity contribution < 1.29 is 4.42 Å². The maximum atomic E-state index is 5.39. The summed E-state index contributed by atoms with van der Waals surface area (Å²) in [5.74, 6) is 0.937. The van der Waals surface area contributed by atoms with Gasteiger partial charge in [-0.2, -0.15) is 0 Å². The first-order valence-electron chi connectivity index (χ1n) is 5.47. The zero-order valence-corrected chi connectivity index (χ0v) is 10.2. The first kappa shape index (κ1) is 10.4. The Morgan fingerprint density at radius 1 is 1.35 bits per heavy atom. The fourth-order valence-electron chi connectivity index (χ4n) is 1.83. The molecule has 4 heteroatoms. The van der Waals surface area contributed by atoms with Crippen molar-refractivity contribution in [3.05, 3.63) is 47.9 Å². The summed E-state index contributed by atoms with van der Waals surface area (Å²) in [5, 5.41) is 5.51. The van der Waals surface area contributed by atoms with Crippen LogP contribution in [0.1, 0.15) is 18.7 Å². The smallest absolute Gasteiger partial charge is 0.125 e. The average molecular weight is 244 g/mol. The second-order valence-electron chi connectivity index (χ2n) is 3.87. The van der Waals surface area contributed by atoms with Crippen molar-refractivity contribution in [3.63, 3.8) is 0 Å². The standard InChI is InChI=1S/C13H12N2OS/c1-9(12-3-2-7-16-12)15-11-4-6-14-10-5-8-17-13(10)11/h2-9H,1H3,(H,14,15). The van der Waals surface area contributed by atoms with Gasteiger partial charge in [0.25, 0.3) is 0 Å². The highest BCUT2D eigenvalue weighted by atomic mass is 32.1. The van der Waals surface area contributed by atoms with Gasteiger partial charge >= 0.3 is 0 Å². The summed E-state index contributed by atoms with van der Waals surface area (Å²) in [6, 6.07) is 8.06. The molecule has 0 aromatic carbocycles. The summed E-state index contributed by atoms with van der Waals surface area (Å²) in [5.41, 5.74) is 2.14. The number of nitrogens with zero attached hydrogens (tertiary/aromatic N) is 1. The summed E-state index contributed by atoms with van der Waals surface area (Å²) < 4.78 is 6.57. The van der Waals surface area contributed by atoms with E-state index in [9.17, 15) is 0 Å². The van der Waals surface area contributed by atoms with Crippen LogP contribution in [0, 0.1) is 0 Å². The van der Waals surface area contributed by atoms with Crippen LogP contribution in [0.3, 0.4) is 0 Å². The molecule has 0 amide bonds. The Labute approximate surface area is 103 Å². The Bertz CT molecular complexity index is 615. The minimum absolute atomic E-state index is 0.151. The van der Waals surface area contributed by atoms with Crippen LogP contribution in [-0.4, -0.2) is 4.98 Å². The molecule has 86 valence electrons. The third kappa shape index (κ3) is 1.91. The number of pyridine rings is 1. The third-order valence-electron chi connectivity index (χ3n) is 2.69. The molecule has 1 N–H and O–H groups in total. The van der Waals surface area contributed by atoms with Gasteiger partial charge in [-0.25, -0.2) is 0 Å². The Morgan fingerprint density at radius 3 is 3.12 bits per heavy atom. The number of hydrogen-bond donors (Lipinski definition) is 1. The molecular weight excluding hydrogens is 232 g/mol. The SMILES string of the molecule is CC(Nc1ccnc2ccsc12)c1ccco1. The first-order chi connectivity index (χ1) is 8.34. The fraction of sp³-hybridized carbons (Fsp3) is 0.154. The van der Waals surface area contributed by atoms with Crippen molar-refractivity contribution in [2.45, 2.75) is 13.0 Å². The van der Waals surface area contributed by atoms with E-state index in [1.165, 1.54) is 4.70 Å². The van der Waals surface area contributed by atoms with Crippen LogP contribution in [0.5, 0.6) is 0 Å². The van der Waals surface area contributed by atoms with Gasteiger partial charge in [-0.3, -0.25) is 4.98 Å². The maximum Gasteiger partial charge on any atom is 0.125 e. The molecule has 0 radical (unpaired) electrons.